The van der Waals surface area contributed by atoms with Crippen LogP contribution in [0.25, 0.3) is 10.9 Å². The summed E-state index contributed by atoms with van der Waals surface area (Å²) >= 11 is 6.07. The maximum Gasteiger partial charge on any atom is 0.234 e. The van der Waals surface area contributed by atoms with Crippen molar-refractivity contribution in [1.82, 2.24) is 10.3 Å². The quantitative estimate of drug-likeness (QED) is 0.667. The number of aromatic nitrogens is 1. The normalized spacial score (nSPS) is 21.3. The summed E-state index contributed by atoms with van der Waals surface area (Å²) in [7, 11) is 0. The van der Waals surface area contributed by atoms with Crippen molar-refractivity contribution < 1.29 is 4.79 Å². The van der Waals surface area contributed by atoms with Gasteiger partial charge in [0, 0.05) is 34.4 Å². The molecule has 1 heterocycles. The van der Waals surface area contributed by atoms with E-state index >= 15 is 0 Å². The third-order valence-electron chi connectivity index (χ3n) is 5.28. The lowest BCUT2D eigenvalue weighted by Crippen LogP contribution is -2.49. The molecule has 0 unspecified atom stereocenters. The van der Waals surface area contributed by atoms with Gasteiger partial charge in [-0.2, -0.15) is 0 Å². The number of carbonyl (C=O) groups excluding carboxylic acids is 1. The Labute approximate surface area is 166 Å². The Bertz CT molecular complexity index is 787. The van der Waals surface area contributed by atoms with Crippen LogP contribution < -0.4 is 16.4 Å². The van der Waals surface area contributed by atoms with E-state index in [-0.39, 0.29) is 11.9 Å². The van der Waals surface area contributed by atoms with E-state index in [2.05, 4.69) is 29.5 Å². The van der Waals surface area contributed by atoms with Gasteiger partial charge in [0.2, 0.25) is 5.91 Å². The molecule has 146 valence electrons. The summed E-state index contributed by atoms with van der Waals surface area (Å²) in [6.07, 6.45) is 6.80. The van der Waals surface area contributed by atoms with E-state index in [9.17, 15) is 4.79 Å². The number of fused-ring (bicyclic) bond motifs is 1. The van der Waals surface area contributed by atoms with Crippen molar-refractivity contribution in [1.29, 1.82) is 0 Å². The molecule has 6 heteroatoms. The van der Waals surface area contributed by atoms with E-state index < -0.39 is 0 Å². The molecule has 1 aromatic carbocycles. The van der Waals surface area contributed by atoms with Crippen LogP contribution in [0.1, 0.15) is 46.0 Å². The van der Waals surface area contributed by atoms with Crippen LogP contribution in [0.2, 0.25) is 5.02 Å². The number of carbonyl (C=O) groups is 1. The lowest BCUT2D eigenvalue weighted by atomic mass is 9.89. The third-order valence-corrected chi connectivity index (χ3v) is 5.51. The van der Waals surface area contributed by atoms with E-state index in [4.69, 9.17) is 17.3 Å². The van der Waals surface area contributed by atoms with Crippen molar-refractivity contribution in [2.75, 3.05) is 5.32 Å². The fourth-order valence-electron chi connectivity index (χ4n) is 3.89. The molecule has 27 heavy (non-hydrogen) atoms. The number of rotatable bonds is 7. The predicted octanol–water partition coefficient (Wildman–Crippen LogP) is 4.10. The van der Waals surface area contributed by atoms with Gasteiger partial charge in [-0.05, 0) is 62.3 Å². The van der Waals surface area contributed by atoms with Crippen LogP contribution in [0.5, 0.6) is 0 Å². The minimum Gasteiger partial charge on any atom is -0.382 e. The van der Waals surface area contributed by atoms with E-state index in [1.807, 2.05) is 30.5 Å². The molecule has 0 radical (unpaired) electrons. The van der Waals surface area contributed by atoms with Crippen LogP contribution in [0.15, 0.2) is 30.5 Å². The summed E-state index contributed by atoms with van der Waals surface area (Å²) in [5.74, 6) is 0.201. The molecule has 1 aliphatic carbocycles. The zero-order valence-electron chi connectivity index (χ0n) is 16.0. The van der Waals surface area contributed by atoms with Crippen LogP contribution >= 0.6 is 11.6 Å². The van der Waals surface area contributed by atoms with Crippen molar-refractivity contribution in [3.8, 4) is 0 Å². The van der Waals surface area contributed by atoms with Crippen LogP contribution in [0, 0.1) is 5.92 Å². The van der Waals surface area contributed by atoms with E-state index in [0.717, 1.165) is 48.7 Å². The standard InChI is InChI=1S/C21H29ClN4O/c1-13(2)11-20(21(23)27)26-16-6-4-15(5-7-16)25-18-9-10-24-19-12-14(22)3-8-17(18)19/h3,8-10,12-13,15-16,20,26H,4-7,11H2,1-2H3,(H2,23,27)(H,24,25)/t15?,16?,20-/m0/s1. The number of hydrogen-bond acceptors (Lipinski definition) is 4. The number of benzene rings is 1. The van der Waals surface area contributed by atoms with E-state index in [0.29, 0.717) is 23.0 Å². The molecule has 1 saturated carbocycles. The van der Waals surface area contributed by atoms with Crippen molar-refractivity contribution in [2.45, 2.75) is 64.1 Å². The third kappa shape index (κ3) is 5.33. The molecule has 5 nitrogen and oxygen atoms in total. The zero-order chi connectivity index (χ0) is 19.4. The molecule has 1 atom stereocenters. The molecule has 3 rings (SSSR count). The number of anilines is 1. The highest BCUT2D eigenvalue weighted by molar-refractivity contribution is 6.31. The van der Waals surface area contributed by atoms with Gasteiger partial charge in [0.05, 0.1) is 11.6 Å². The van der Waals surface area contributed by atoms with Gasteiger partial charge in [0.25, 0.3) is 0 Å². The SMILES string of the molecule is CC(C)C[C@H](NC1CCC(Nc2ccnc3cc(Cl)ccc23)CC1)C(N)=O. The highest BCUT2D eigenvalue weighted by Crippen LogP contribution is 2.28. The average molecular weight is 389 g/mol. The van der Waals surface area contributed by atoms with Crippen LogP contribution in [0.4, 0.5) is 5.69 Å². The van der Waals surface area contributed by atoms with Gasteiger partial charge >= 0.3 is 0 Å². The number of nitrogens with two attached hydrogens (primary N) is 1. The van der Waals surface area contributed by atoms with Crippen molar-refractivity contribution in [2.24, 2.45) is 11.7 Å². The molecular formula is C21H29ClN4O. The highest BCUT2D eigenvalue weighted by Gasteiger charge is 2.26. The molecular weight excluding hydrogens is 360 g/mol. The monoisotopic (exact) mass is 388 g/mol. The second-order valence-electron chi connectivity index (χ2n) is 7.96. The predicted molar refractivity (Wildman–Crippen MR) is 112 cm³/mol. The smallest absolute Gasteiger partial charge is 0.234 e. The van der Waals surface area contributed by atoms with Crippen LogP contribution in [-0.4, -0.2) is 29.0 Å². The van der Waals surface area contributed by atoms with Gasteiger partial charge < -0.3 is 16.4 Å². The molecule has 0 saturated heterocycles. The average Bonchev–Trinajstić information content (AvgIpc) is 2.62. The minimum absolute atomic E-state index is 0.228. The Morgan fingerprint density at radius 1 is 1.22 bits per heavy atom. The van der Waals surface area contributed by atoms with Crippen molar-refractivity contribution in [3.05, 3.63) is 35.5 Å². The van der Waals surface area contributed by atoms with Crippen LogP contribution in [-0.2, 0) is 4.79 Å². The molecule has 4 N–H and O–H groups in total. The Morgan fingerprint density at radius 3 is 2.59 bits per heavy atom. The Kier molecular flexibility index (Phi) is 6.55. The molecule has 1 aliphatic rings. The Hall–Kier alpha value is -1.85. The number of primary amides is 1. The van der Waals surface area contributed by atoms with Gasteiger partial charge in [-0.15, -0.1) is 0 Å². The van der Waals surface area contributed by atoms with E-state index in [1.165, 1.54) is 0 Å². The summed E-state index contributed by atoms with van der Waals surface area (Å²) in [5, 5.41) is 8.94. The van der Waals surface area contributed by atoms with Crippen LogP contribution in [0.3, 0.4) is 0 Å². The Balaban J connectivity index is 1.58. The summed E-state index contributed by atoms with van der Waals surface area (Å²) in [5.41, 5.74) is 7.57. The van der Waals surface area contributed by atoms with Gasteiger partial charge in [-0.25, -0.2) is 0 Å². The molecule has 2 aromatic rings. The van der Waals surface area contributed by atoms with Crippen molar-refractivity contribution >= 4 is 34.1 Å². The first-order valence-corrected chi connectivity index (χ1v) is 10.2. The number of amides is 1. The Morgan fingerprint density at radius 2 is 1.93 bits per heavy atom. The van der Waals surface area contributed by atoms with E-state index in [1.54, 1.807) is 0 Å². The second kappa shape index (κ2) is 8.89. The molecule has 1 aromatic heterocycles. The largest absolute Gasteiger partial charge is 0.382 e. The molecule has 1 amide bonds. The molecule has 1 fully saturated rings. The zero-order valence-corrected chi connectivity index (χ0v) is 16.8. The number of nitrogens with one attached hydrogen (secondary N) is 2. The van der Waals surface area contributed by atoms with Gasteiger partial charge in [0.15, 0.2) is 0 Å². The topological polar surface area (TPSA) is 80.0 Å². The van der Waals surface area contributed by atoms with Gasteiger partial charge in [-0.3, -0.25) is 9.78 Å². The number of pyridine rings is 1. The fourth-order valence-corrected chi connectivity index (χ4v) is 4.06. The lowest BCUT2D eigenvalue weighted by Gasteiger charge is -2.33. The fraction of sp³-hybridized carbons (Fsp3) is 0.524. The first-order valence-electron chi connectivity index (χ1n) is 9.78. The maximum absolute atomic E-state index is 11.7. The minimum atomic E-state index is -0.245. The summed E-state index contributed by atoms with van der Waals surface area (Å²) in [6, 6.07) is 8.37. The maximum atomic E-state index is 11.7. The van der Waals surface area contributed by atoms with Crippen molar-refractivity contribution in [3.63, 3.8) is 0 Å². The molecule has 0 spiro atoms. The number of halogens is 1. The summed E-state index contributed by atoms with van der Waals surface area (Å²) in [6.45, 7) is 4.23. The number of hydrogen-bond donors (Lipinski definition) is 3. The second-order valence-corrected chi connectivity index (χ2v) is 8.40. The highest BCUT2D eigenvalue weighted by atomic mass is 35.5. The van der Waals surface area contributed by atoms with Gasteiger partial charge in [-0.1, -0.05) is 25.4 Å². The molecule has 0 aliphatic heterocycles. The summed E-state index contributed by atoms with van der Waals surface area (Å²) in [4.78, 5) is 16.1. The lowest BCUT2D eigenvalue weighted by molar-refractivity contribution is -0.120. The van der Waals surface area contributed by atoms with Gasteiger partial charge in [0.1, 0.15) is 0 Å². The molecule has 0 bridgehead atoms. The number of nitrogens with zero attached hydrogens (tertiary/aromatic N) is 1. The first kappa shape index (κ1) is 19.9. The first-order chi connectivity index (χ1) is 12.9. The summed E-state index contributed by atoms with van der Waals surface area (Å²) < 4.78 is 0.